The normalized spacial score (nSPS) is 17.3. The van der Waals surface area contributed by atoms with Crippen LogP contribution in [0.5, 0.6) is 0 Å². The van der Waals surface area contributed by atoms with Gasteiger partial charge in [0.05, 0.1) is 11.6 Å². The van der Waals surface area contributed by atoms with Crippen molar-refractivity contribution in [3.8, 4) is 0 Å². The van der Waals surface area contributed by atoms with Gasteiger partial charge in [0.15, 0.2) is 4.90 Å². The molecule has 0 bridgehead atoms. The highest BCUT2D eigenvalue weighted by Gasteiger charge is 2.67. The molecule has 2 unspecified atom stereocenters. The largest absolute Gasteiger partial charge is 0.481 e. The summed E-state index contributed by atoms with van der Waals surface area (Å²) in [7, 11) is -16.9. The minimum atomic E-state index is -5.79. The van der Waals surface area contributed by atoms with E-state index in [0.717, 1.165) is 6.92 Å². The molecule has 126 valence electrons. The van der Waals surface area contributed by atoms with Gasteiger partial charge in [0.2, 0.25) is 0 Å². The lowest BCUT2D eigenvalue weighted by Gasteiger charge is -2.40. The van der Waals surface area contributed by atoms with Gasteiger partial charge in [-0.05, 0) is 13.3 Å². The van der Waals surface area contributed by atoms with Gasteiger partial charge in [0.1, 0.15) is 0 Å². The van der Waals surface area contributed by atoms with E-state index in [0.29, 0.717) is 6.92 Å². The lowest BCUT2D eigenvalue weighted by Crippen LogP contribution is -2.42. The molecule has 0 aromatic rings. The second-order valence-electron chi connectivity index (χ2n) is 4.68. The SMILES string of the molecule is CC(CC(C(C)P(=O)(O)O)(P(=O)(O)O)P(=O)(O)O)C(=O)O. The van der Waals surface area contributed by atoms with Crippen molar-refractivity contribution < 1.29 is 53.0 Å². The molecule has 0 saturated heterocycles. The third-order valence-corrected chi connectivity index (χ3v) is 9.79. The fourth-order valence-electron chi connectivity index (χ4n) is 1.87. The summed E-state index contributed by atoms with van der Waals surface area (Å²) in [4.78, 5) is 62.7. The average Bonchev–Trinajstić information content (AvgIpc) is 2.19. The Morgan fingerprint density at radius 2 is 1.29 bits per heavy atom. The standard InChI is InChI=1S/C7H17O11P3/c1-4(6(8)9)3-7(20(13,14)15,21(16,17)18)5(2)19(10,11)12/h4-5H,3H2,1-2H3,(H,8,9)(H2,10,11,12)(H2,13,14,15)(H2,16,17,18). The molecule has 0 fully saturated rings. The average molecular weight is 370 g/mol. The van der Waals surface area contributed by atoms with Crippen molar-refractivity contribution in [2.24, 2.45) is 5.92 Å². The second-order valence-corrected chi connectivity index (χ2v) is 10.8. The Bertz CT molecular complexity index is 516. The van der Waals surface area contributed by atoms with Crippen LogP contribution < -0.4 is 0 Å². The molecule has 14 heteroatoms. The maximum atomic E-state index is 11.6. The first-order chi connectivity index (χ1) is 8.98. The molecule has 2 atom stereocenters. The summed E-state index contributed by atoms with van der Waals surface area (Å²) < 4.78 is 34.5. The van der Waals surface area contributed by atoms with Crippen LogP contribution in [0.25, 0.3) is 0 Å². The smallest absolute Gasteiger partial charge is 0.344 e. The Kier molecular flexibility index (Phi) is 6.17. The summed E-state index contributed by atoms with van der Waals surface area (Å²) in [6.07, 6.45) is -1.30. The molecule has 7 N–H and O–H groups in total. The van der Waals surface area contributed by atoms with E-state index in [9.17, 15) is 38.1 Å². The molecular weight excluding hydrogens is 353 g/mol. The summed E-state index contributed by atoms with van der Waals surface area (Å²) in [5.74, 6) is -3.28. The van der Waals surface area contributed by atoms with E-state index in [1.165, 1.54) is 0 Å². The van der Waals surface area contributed by atoms with Gasteiger partial charge in [0.25, 0.3) is 0 Å². The summed E-state index contributed by atoms with van der Waals surface area (Å²) in [5.41, 5.74) is -2.45. The predicted molar refractivity (Wildman–Crippen MR) is 69.7 cm³/mol. The molecule has 0 aromatic heterocycles. The molecule has 21 heavy (non-hydrogen) atoms. The maximum Gasteiger partial charge on any atom is 0.344 e. The number of aliphatic carboxylic acids is 1. The van der Waals surface area contributed by atoms with Crippen LogP contribution in [-0.4, -0.2) is 51.0 Å². The molecule has 11 nitrogen and oxygen atoms in total. The fraction of sp³-hybridized carbons (Fsp3) is 0.857. The Morgan fingerprint density at radius 1 is 0.952 bits per heavy atom. The number of carbonyl (C=O) groups is 1. The molecule has 0 saturated carbocycles. The number of rotatable bonds is 7. The van der Waals surface area contributed by atoms with Gasteiger partial charge >= 0.3 is 28.8 Å². The quantitative estimate of drug-likeness (QED) is 0.289. The topological polar surface area (TPSA) is 210 Å². The van der Waals surface area contributed by atoms with Crippen LogP contribution in [0, 0.1) is 5.92 Å². The predicted octanol–water partition coefficient (Wildman–Crippen LogP) is -0.285. The lowest BCUT2D eigenvalue weighted by atomic mass is 10.0. The van der Waals surface area contributed by atoms with Crippen LogP contribution in [0.1, 0.15) is 20.3 Å². The van der Waals surface area contributed by atoms with E-state index < -0.39 is 51.7 Å². The number of hydrogen-bond donors (Lipinski definition) is 7. The highest BCUT2D eigenvalue weighted by Crippen LogP contribution is 2.77. The van der Waals surface area contributed by atoms with Crippen LogP contribution in [0.15, 0.2) is 0 Å². The number of hydrogen-bond acceptors (Lipinski definition) is 4. The Labute approximate surface area is 119 Å². The van der Waals surface area contributed by atoms with E-state index in [-0.39, 0.29) is 0 Å². The van der Waals surface area contributed by atoms with E-state index >= 15 is 0 Å². The van der Waals surface area contributed by atoms with Gasteiger partial charge in [-0.25, -0.2) is 0 Å². The Morgan fingerprint density at radius 3 is 1.48 bits per heavy atom. The molecule has 0 spiro atoms. The minimum Gasteiger partial charge on any atom is -0.481 e. The minimum absolute atomic E-state index is 0.563. The lowest BCUT2D eigenvalue weighted by molar-refractivity contribution is -0.141. The van der Waals surface area contributed by atoms with Gasteiger partial charge in [-0.3, -0.25) is 18.5 Å². The third-order valence-electron chi connectivity index (χ3n) is 3.21. The first kappa shape index (κ1) is 20.9. The second kappa shape index (κ2) is 6.20. The number of carboxylic acid groups (broad SMARTS) is 1. The van der Waals surface area contributed by atoms with Crippen LogP contribution in [-0.2, 0) is 18.5 Å². The van der Waals surface area contributed by atoms with E-state index in [1.807, 2.05) is 0 Å². The van der Waals surface area contributed by atoms with Gasteiger partial charge in [-0.2, -0.15) is 0 Å². The molecule has 0 heterocycles. The molecule has 0 aliphatic rings. The highest BCUT2D eigenvalue weighted by molar-refractivity contribution is 7.74. The van der Waals surface area contributed by atoms with Crippen molar-refractivity contribution in [3.63, 3.8) is 0 Å². The Hall–Kier alpha value is -0.0800. The van der Waals surface area contributed by atoms with Crippen molar-refractivity contribution in [1.82, 2.24) is 0 Å². The Balaban J connectivity index is 6.44. The summed E-state index contributed by atoms with van der Waals surface area (Å²) in [5, 5.41) is 8.76. The van der Waals surface area contributed by atoms with Crippen molar-refractivity contribution >= 4 is 28.8 Å². The summed E-state index contributed by atoms with van der Waals surface area (Å²) in [6, 6.07) is 0. The van der Waals surface area contributed by atoms with Gasteiger partial charge in [-0.15, -0.1) is 0 Å². The summed E-state index contributed by atoms with van der Waals surface area (Å²) >= 11 is 0. The van der Waals surface area contributed by atoms with Gasteiger partial charge < -0.3 is 34.5 Å². The van der Waals surface area contributed by atoms with Crippen molar-refractivity contribution in [2.45, 2.75) is 30.8 Å². The van der Waals surface area contributed by atoms with Crippen LogP contribution in [0.3, 0.4) is 0 Å². The zero-order chi connectivity index (χ0) is 17.4. The monoisotopic (exact) mass is 370 g/mol. The maximum absolute atomic E-state index is 11.6. The van der Waals surface area contributed by atoms with Crippen LogP contribution in [0.2, 0.25) is 0 Å². The highest BCUT2D eigenvalue weighted by atomic mass is 31.2. The van der Waals surface area contributed by atoms with E-state index in [2.05, 4.69) is 0 Å². The first-order valence-electron chi connectivity index (χ1n) is 5.37. The summed E-state index contributed by atoms with van der Waals surface area (Å²) in [6.45, 7) is 1.47. The van der Waals surface area contributed by atoms with Crippen molar-refractivity contribution in [2.75, 3.05) is 0 Å². The molecule has 0 rings (SSSR count). The van der Waals surface area contributed by atoms with E-state index in [1.54, 1.807) is 0 Å². The van der Waals surface area contributed by atoms with Crippen molar-refractivity contribution in [3.05, 3.63) is 0 Å². The zero-order valence-corrected chi connectivity index (χ0v) is 13.7. The molecular formula is C7H17O11P3. The van der Waals surface area contributed by atoms with Crippen LogP contribution >= 0.6 is 22.8 Å². The molecule has 0 radical (unpaired) electrons. The molecule has 0 aromatic carbocycles. The molecule has 0 aliphatic carbocycles. The fourth-order valence-corrected chi connectivity index (χ4v) is 7.68. The van der Waals surface area contributed by atoms with E-state index in [4.69, 9.17) is 14.9 Å². The van der Waals surface area contributed by atoms with Crippen LogP contribution in [0.4, 0.5) is 0 Å². The van der Waals surface area contributed by atoms with Crippen molar-refractivity contribution in [1.29, 1.82) is 0 Å². The zero-order valence-electron chi connectivity index (χ0n) is 11.0. The molecule has 0 aliphatic heterocycles. The number of carboxylic acids is 1. The third kappa shape index (κ3) is 4.22. The van der Waals surface area contributed by atoms with Gasteiger partial charge in [0, 0.05) is 0 Å². The van der Waals surface area contributed by atoms with Gasteiger partial charge in [-0.1, -0.05) is 6.92 Å². The first-order valence-corrected chi connectivity index (χ1v) is 10.3. The molecule has 0 amide bonds.